The molecule has 1 heterocycles. The highest BCUT2D eigenvalue weighted by Gasteiger charge is 2.26. The summed E-state index contributed by atoms with van der Waals surface area (Å²) < 4.78 is 0. The fourth-order valence-corrected chi connectivity index (χ4v) is 3.34. The Balaban J connectivity index is 0.00000162. The van der Waals surface area contributed by atoms with E-state index in [0.29, 0.717) is 18.5 Å². The van der Waals surface area contributed by atoms with Gasteiger partial charge in [0.2, 0.25) is 5.91 Å². The summed E-state index contributed by atoms with van der Waals surface area (Å²) in [5.74, 6) is 1.17. The normalized spacial score (nSPS) is 24.9. The van der Waals surface area contributed by atoms with E-state index in [0.717, 1.165) is 38.1 Å². The molecule has 0 aromatic rings. The third kappa shape index (κ3) is 4.13. The topological polar surface area (TPSA) is 46.3 Å². The van der Waals surface area contributed by atoms with E-state index >= 15 is 0 Å². The van der Waals surface area contributed by atoms with Crippen LogP contribution in [0.5, 0.6) is 0 Å². The third-order valence-corrected chi connectivity index (χ3v) is 4.46. The van der Waals surface area contributed by atoms with E-state index in [4.69, 9.17) is 5.73 Å². The molecule has 2 rings (SSSR count). The summed E-state index contributed by atoms with van der Waals surface area (Å²) in [6.07, 6.45) is 10.8. The van der Waals surface area contributed by atoms with Gasteiger partial charge in [0.05, 0.1) is 0 Å². The maximum Gasteiger partial charge on any atom is 0.222 e. The summed E-state index contributed by atoms with van der Waals surface area (Å²) in [7, 11) is 0. The van der Waals surface area contributed by atoms with Gasteiger partial charge in [-0.1, -0.05) is 25.7 Å². The van der Waals surface area contributed by atoms with Crippen molar-refractivity contribution in [3.8, 4) is 0 Å². The summed E-state index contributed by atoms with van der Waals surface area (Å²) >= 11 is 0. The van der Waals surface area contributed by atoms with Gasteiger partial charge in [-0.3, -0.25) is 4.79 Å². The first kappa shape index (κ1) is 15.8. The Morgan fingerprint density at radius 3 is 2.44 bits per heavy atom. The van der Waals surface area contributed by atoms with E-state index in [1.165, 1.54) is 32.1 Å². The first-order valence-electron chi connectivity index (χ1n) is 7.31. The van der Waals surface area contributed by atoms with Crippen molar-refractivity contribution >= 4 is 18.3 Å². The Kier molecular flexibility index (Phi) is 7.02. The Morgan fingerprint density at radius 1 is 1.11 bits per heavy atom. The van der Waals surface area contributed by atoms with Gasteiger partial charge in [0.1, 0.15) is 0 Å². The lowest BCUT2D eigenvalue weighted by atomic mass is 9.98. The smallest absolute Gasteiger partial charge is 0.222 e. The molecule has 0 aromatic carbocycles. The van der Waals surface area contributed by atoms with Gasteiger partial charge in [-0.25, -0.2) is 0 Å². The molecule has 1 atom stereocenters. The van der Waals surface area contributed by atoms with Crippen molar-refractivity contribution in [2.24, 2.45) is 11.7 Å². The van der Waals surface area contributed by atoms with E-state index in [1.54, 1.807) is 0 Å². The van der Waals surface area contributed by atoms with Crippen LogP contribution in [0.25, 0.3) is 0 Å². The number of piperidine rings is 1. The molecule has 4 heteroatoms. The molecule has 2 N–H and O–H groups in total. The summed E-state index contributed by atoms with van der Waals surface area (Å²) in [5, 5.41) is 0. The van der Waals surface area contributed by atoms with E-state index in [9.17, 15) is 4.79 Å². The summed E-state index contributed by atoms with van der Waals surface area (Å²) in [5.41, 5.74) is 5.76. The van der Waals surface area contributed by atoms with E-state index in [2.05, 4.69) is 4.90 Å². The van der Waals surface area contributed by atoms with Crippen LogP contribution in [0.3, 0.4) is 0 Å². The molecule has 0 aromatic heterocycles. The van der Waals surface area contributed by atoms with Crippen LogP contribution in [0, 0.1) is 5.92 Å². The molecule has 2 aliphatic rings. The number of nitrogens with two attached hydrogens (primary N) is 1. The molecule has 1 aliphatic carbocycles. The molecule has 1 amide bonds. The van der Waals surface area contributed by atoms with Gasteiger partial charge in [0, 0.05) is 25.6 Å². The molecule has 1 saturated carbocycles. The van der Waals surface area contributed by atoms with Gasteiger partial charge in [0.25, 0.3) is 0 Å². The van der Waals surface area contributed by atoms with Gasteiger partial charge in [-0.2, -0.15) is 0 Å². The van der Waals surface area contributed by atoms with E-state index in [1.807, 2.05) is 0 Å². The average Bonchev–Trinajstić information content (AvgIpc) is 2.89. The number of hydrogen-bond donors (Lipinski definition) is 1. The van der Waals surface area contributed by atoms with E-state index in [-0.39, 0.29) is 12.4 Å². The highest BCUT2D eigenvalue weighted by atomic mass is 35.5. The third-order valence-electron chi connectivity index (χ3n) is 4.46. The molecule has 1 unspecified atom stereocenters. The van der Waals surface area contributed by atoms with Crippen LogP contribution in [-0.2, 0) is 4.79 Å². The van der Waals surface area contributed by atoms with Crippen molar-refractivity contribution in [1.82, 2.24) is 4.90 Å². The molecule has 106 valence electrons. The SMILES string of the molecule is Cl.NCC1CCCCN1C(=O)CCC1CCCC1. The number of halogens is 1. The van der Waals surface area contributed by atoms with Crippen LogP contribution in [0.2, 0.25) is 0 Å². The molecule has 0 radical (unpaired) electrons. The van der Waals surface area contributed by atoms with Gasteiger partial charge >= 0.3 is 0 Å². The molecule has 2 fully saturated rings. The first-order chi connectivity index (χ1) is 8.31. The van der Waals surface area contributed by atoms with Crippen LogP contribution in [-0.4, -0.2) is 29.9 Å². The minimum atomic E-state index is 0. The molecular weight excluding hydrogens is 248 g/mol. The molecule has 1 aliphatic heterocycles. The van der Waals surface area contributed by atoms with Crippen LogP contribution in [0.15, 0.2) is 0 Å². The summed E-state index contributed by atoms with van der Waals surface area (Å²) in [6.45, 7) is 1.57. The fourth-order valence-electron chi connectivity index (χ4n) is 3.34. The van der Waals surface area contributed by atoms with Crippen LogP contribution in [0.4, 0.5) is 0 Å². The van der Waals surface area contributed by atoms with Gasteiger partial charge < -0.3 is 10.6 Å². The van der Waals surface area contributed by atoms with Crippen molar-refractivity contribution in [2.75, 3.05) is 13.1 Å². The van der Waals surface area contributed by atoms with Crippen LogP contribution < -0.4 is 5.73 Å². The van der Waals surface area contributed by atoms with Crippen LogP contribution >= 0.6 is 12.4 Å². The quantitative estimate of drug-likeness (QED) is 0.857. The second-order valence-electron chi connectivity index (χ2n) is 5.66. The molecule has 0 bridgehead atoms. The Morgan fingerprint density at radius 2 is 1.78 bits per heavy atom. The van der Waals surface area contributed by atoms with Gasteiger partial charge in [-0.15, -0.1) is 12.4 Å². The second-order valence-corrected chi connectivity index (χ2v) is 5.66. The summed E-state index contributed by atoms with van der Waals surface area (Å²) in [4.78, 5) is 14.2. The zero-order valence-corrected chi connectivity index (χ0v) is 12.1. The molecule has 18 heavy (non-hydrogen) atoms. The van der Waals surface area contributed by atoms with Crippen molar-refractivity contribution in [3.63, 3.8) is 0 Å². The largest absolute Gasteiger partial charge is 0.338 e. The highest BCUT2D eigenvalue weighted by Crippen LogP contribution is 2.29. The number of rotatable bonds is 4. The Labute approximate surface area is 117 Å². The monoisotopic (exact) mass is 274 g/mol. The summed E-state index contributed by atoms with van der Waals surface area (Å²) in [6, 6.07) is 0.319. The van der Waals surface area contributed by atoms with Crippen molar-refractivity contribution < 1.29 is 4.79 Å². The van der Waals surface area contributed by atoms with Crippen molar-refractivity contribution in [1.29, 1.82) is 0 Å². The second kappa shape index (κ2) is 8.00. The minimum Gasteiger partial charge on any atom is -0.338 e. The fraction of sp³-hybridized carbons (Fsp3) is 0.929. The predicted octanol–water partition coefficient (Wildman–Crippen LogP) is 2.72. The lowest BCUT2D eigenvalue weighted by molar-refractivity contribution is -0.134. The number of carbonyl (C=O) groups excluding carboxylic acids is 1. The minimum absolute atomic E-state index is 0. The average molecular weight is 275 g/mol. The van der Waals surface area contributed by atoms with Crippen molar-refractivity contribution in [2.45, 2.75) is 63.8 Å². The molecule has 3 nitrogen and oxygen atoms in total. The first-order valence-corrected chi connectivity index (χ1v) is 7.31. The number of nitrogens with zero attached hydrogens (tertiary/aromatic N) is 1. The lowest BCUT2D eigenvalue weighted by Crippen LogP contribution is -2.47. The standard InChI is InChI=1S/C14H26N2O.ClH/c15-11-13-7-3-4-10-16(13)14(17)9-8-12-5-1-2-6-12;/h12-13H,1-11,15H2;1H. The Bertz CT molecular complexity index is 254. The predicted molar refractivity (Wildman–Crippen MR) is 76.8 cm³/mol. The molecule has 0 spiro atoms. The van der Waals surface area contributed by atoms with E-state index < -0.39 is 0 Å². The number of amides is 1. The molecular formula is C14H27ClN2O. The van der Waals surface area contributed by atoms with Gasteiger partial charge in [-0.05, 0) is 31.6 Å². The molecule has 1 saturated heterocycles. The number of likely N-dealkylation sites (tertiary alicyclic amines) is 1. The maximum atomic E-state index is 12.2. The Hall–Kier alpha value is -0.280. The number of hydrogen-bond acceptors (Lipinski definition) is 2. The van der Waals surface area contributed by atoms with Crippen molar-refractivity contribution in [3.05, 3.63) is 0 Å². The zero-order chi connectivity index (χ0) is 12.1. The van der Waals surface area contributed by atoms with Gasteiger partial charge in [0.15, 0.2) is 0 Å². The number of carbonyl (C=O) groups is 1. The van der Waals surface area contributed by atoms with Crippen LogP contribution in [0.1, 0.15) is 57.8 Å². The highest BCUT2D eigenvalue weighted by molar-refractivity contribution is 5.85. The zero-order valence-electron chi connectivity index (χ0n) is 11.3. The maximum absolute atomic E-state index is 12.2. The lowest BCUT2D eigenvalue weighted by Gasteiger charge is -2.35.